The van der Waals surface area contributed by atoms with Gasteiger partial charge in [0.2, 0.25) is 0 Å². The highest BCUT2D eigenvalue weighted by atomic mass is 32.1. The number of hydrogen-bond donors (Lipinski definition) is 2. The SMILES string of the molecule is CCC(N)C(c1ccsc1)N(CCO)C1CCCC1. The molecule has 1 aliphatic carbocycles. The third kappa shape index (κ3) is 3.57. The van der Waals surface area contributed by atoms with Gasteiger partial charge in [-0.05, 0) is 41.7 Å². The van der Waals surface area contributed by atoms with Crippen LogP contribution in [0, 0.1) is 0 Å². The molecule has 0 amide bonds. The van der Waals surface area contributed by atoms with Crippen molar-refractivity contribution >= 4 is 11.3 Å². The molecule has 0 aromatic carbocycles. The van der Waals surface area contributed by atoms with Crippen molar-refractivity contribution in [1.82, 2.24) is 4.90 Å². The van der Waals surface area contributed by atoms with Gasteiger partial charge in [-0.1, -0.05) is 19.8 Å². The molecule has 1 fully saturated rings. The zero-order valence-electron chi connectivity index (χ0n) is 11.8. The fourth-order valence-electron chi connectivity index (χ4n) is 3.25. The van der Waals surface area contributed by atoms with Crippen LogP contribution in [0.4, 0.5) is 0 Å². The van der Waals surface area contributed by atoms with Crippen molar-refractivity contribution in [2.24, 2.45) is 5.73 Å². The lowest BCUT2D eigenvalue weighted by molar-refractivity contribution is 0.0884. The highest BCUT2D eigenvalue weighted by Crippen LogP contribution is 2.33. The molecule has 4 heteroatoms. The third-order valence-corrected chi connectivity index (χ3v) is 4.97. The van der Waals surface area contributed by atoms with Gasteiger partial charge in [0, 0.05) is 18.6 Å². The Morgan fingerprint density at radius 3 is 2.74 bits per heavy atom. The lowest BCUT2D eigenvalue weighted by Crippen LogP contribution is -2.46. The fourth-order valence-corrected chi connectivity index (χ4v) is 3.94. The van der Waals surface area contributed by atoms with Crippen molar-refractivity contribution in [2.45, 2.75) is 57.2 Å². The number of hydrogen-bond acceptors (Lipinski definition) is 4. The molecular weight excluding hydrogens is 256 g/mol. The predicted molar refractivity (Wildman–Crippen MR) is 81.4 cm³/mol. The van der Waals surface area contributed by atoms with Crippen LogP contribution in [0.25, 0.3) is 0 Å². The van der Waals surface area contributed by atoms with E-state index in [-0.39, 0.29) is 18.7 Å². The molecule has 3 N–H and O–H groups in total. The maximum absolute atomic E-state index is 9.42. The summed E-state index contributed by atoms with van der Waals surface area (Å²) in [5.74, 6) is 0. The van der Waals surface area contributed by atoms with Gasteiger partial charge >= 0.3 is 0 Å². The first kappa shape index (κ1) is 15.0. The Morgan fingerprint density at radius 1 is 1.47 bits per heavy atom. The van der Waals surface area contributed by atoms with E-state index in [2.05, 4.69) is 28.7 Å². The monoisotopic (exact) mass is 282 g/mol. The summed E-state index contributed by atoms with van der Waals surface area (Å²) < 4.78 is 0. The highest BCUT2D eigenvalue weighted by molar-refractivity contribution is 7.07. The molecule has 1 saturated carbocycles. The summed E-state index contributed by atoms with van der Waals surface area (Å²) in [7, 11) is 0. The first-order chi connectivity index (χ1) is 9.27. The van der Waals surface area contributed by atoms with Crippen LogP contribution in [0.5, 0.6) is 0 Å². The summed E-state index contributed by atoms with van der Waals surface area (Å²) in [4.78, 5) is 2.46. The molecule has 2 unspecified atom stereocenters. The van der Waals surface area contributed by atoms with Crippen LogP contribution in [0.1, 0.15) is 50.6 Å². The summed E-state index contributed by atoms with van der Waals surface area (Å²) in [6, 6.07) is 3.17. The van der Waals surface area contributed by atoms with Gasteiger partial charge in [-0.2, -0.15) is 11.3 Å². The molecule has 0 spiro atoms. The van der Waals surface area contributed by atoms with Crippen LogP contribution in [0.3, 0.4) is 0 Å². The highest BCUT2D eigenvalue weighted by Gasteiger charge is 2.32. The maximum Gasteiger partial charge on any atom is 0.0558 e. The molecule has 2 atom stereocenters. The minimum absolute atomic E-state index is 0.141. The Balaban J connectivity index is 2.21. The van der Waals surface area contributed by atoms with Crippen molar-refractivity contribution in [3.8, 4) is 0 Å². The van der Waals surface area contributed by atoms with E-state index in [0.29, 0.717) is 6.04 Å². The van der Waals surface area contributed by atoms with E-state index in [4.69, 9.17) is 5.73 Å². The average molecular weight is 282 g/mol. The van der Waals surface area contributed by atoms with E-state index in [1.807, 2.05) is 0 Å². The van der Waals surface area contributed by atoms with Crippen molar-refractivity contribution < 1.29 is 5.11 Å². The summed E-state index contributed by atoms with van der Waals surface area (Å²) in [6.07, 6.45) is 6.08. The molecule has 0 radical (unpaired) electrons. The quantitative estimate of drug-likeness (QED) is 0.808. The van der Waals surface area contributed by atoms with Crippen LogP contribution in [-0.2, 0) is 0 Å². The van der Waals surface area contributed by atoms with Gasteiger partial charge in [0.05, 0.1) is 12.6 Å². The van der Waals surface area contributed by atoms with Crippen molar-refractivity contribution in [3.63, 3.8) is 0 Å². The summed E-state index contributed by atoms with van der Waals surface area (Å²) in [6.45, 7) is 3.10. The first-order valence-electron chi connectivity index (χ1n) is 7.42. The van der Waals surface area contributed by atoms with Crippen LogP contribution >= 0.6 is 11.3 Å². The zero-order chi connectivity index (χ0) is 13.7. The Labute approximate surface area is 120 Å². The molecule has 3 nitrogen and oxygen atoms in total. The van der Waals surface area contributed by atoms with Crippen LogP contribution in [0.2, 0.25) is 0 Å². The van der Waals surface area contributed by atoms with Crippen molar-refractivity contribution in [3.05, 3.63) is 22.4 Å². The topological polar surface area (TPSA) is 49.5 Å². The van der Waals surface area contributed by atoms with Crippen LogP contribution < -0.4 is 5.73 Å². The second-order valence-electron chi connectivity index (χ2n) is 5.47. The standard InChI is InChI=1S/C15H26N2OS/c1-2-14(16)15(12-7-10-19-11-12)17(8-9-18)13-5-3-4-6-13/h7,10-11,13-15,18H,2-6,8-9,16H2,1H3. The number of aliphatic hydroxyl groups excluding tert-OH is 1. The fraction of sp³-hybridized carbons (Fsp3) is 0.733. The molecule has 0 saturated heterocycles. The van der Waals surface area contributed by atoms with E-state index in [1.54, 1.807) is 11.3 Å². The van der Waals surface area contributed by atoms with Crippen molar-refractivity contribution in [2.75, 3.05) is 13.2 Å². The molecule has 1 aromatic rings. The molecule has 0 bridgehead atoms. The van der Waals surface area contributed by atoms with E-state index in [1.165, 1.54) is 31.2 Å². The van der Waals surface area contributed by atoms with Crippen LogP contribution in [0.15, 0.2) is 16.8 Å². The molecule has 108 valence electrons. The predicted octanol–water partition coefficient (Wildman–Crippen LogP) is 2.76. The smallest absolute Gasteiger partial charge is 0.0558 e. The second-order valence-corrected chi connectivity index (χ2v) is 6.25. The van der Waals surface area contributed by atoms with Gasteiger partial charge in [0.25, 0.3) is 0 Å². The Bertz CT molecular complexity index is 349. The number of aliphatic hydroxyl groups is 1. The number of thiophene rings is 1. The summed E-state index contributed by atoms with van der Waals surface area (Å²) in [5.41, 5.74) is 7.71. The van der Waals surface area contributed by atoms with Crippen molar-refractivity contribution in [1.29, 1.82) is 0 Å². The van der Waals surface area contributed by atoms with E-state index in [9.17, 15) is 5.11 Å². The molecule has 1 aliphatic rings. The lowest BCUT2D eigenvalue weighted by atomic mass is 9.96. The third-order valence-electron chi connectivity index (χ3n) is 4.27. The second kappa shape index (κ2) is 7.39. The molecule has 1 aromatic heterocycles. The average Bonchev–Trinajstić information content (AvgIpc) is 3.10. The summed E-state index contributed by atoms with van der Waals surface area (Å²) in [5, 5.41) is 13.7. The van der Waals surface area contributed by atoms with Gasteiger partial charge in [-0.25, -0.2) is 0 Å². The summed E-state index contributed by atoms with van der Waals surface area (Å²) >= 11 is 1.73. The lowest BCUT2D eigenvalue weighted by Gasteiger charge is -2.39. The number of nitrogens with zero attached hydrogens (tertiary/aromatic N) is 1. The zero-order valence-corrected chi connectivity index (χ0v) is 12.6. The number of nitrogens with two attached hydrogens (primary N) is 1. The Kier molecular flexibility index (Phi) is 5.82. The van der Waals surface area contributed by atoms with E-state index < -0.39 is 0 Å². The van der Waals surface area contributed by atoms with Gasteiger partial charge in [-0.3, -0.25) is 4.90 Å². The molecule has 19 heavy (non-hydrogen) atoms. The normalized spacial score (nSPS) is 20.0. The largest absolute Gasteiger partial charge is 0.395 e. The minimum Gasteiger partial charge on any atom is -0.395 e. The molecular formula is C15H26N2OS. The Hall–Kier alpha value is -0.420. The van der Waals surface area contributed by atoms with Gasteiger partial charge in [-0.15, -0.1) is 0 Å². The number of rotatable bonds is 7. The van der Waals surface area contributed by atoms with Gasteiger partial charge in [0.15, 0.2) is 0 Å². The van der Waals surface area contributed by atoms with Gasteiger partial charge in [0.1, 0.15) is 0 Å². The molecule has 0 aliphatic heterocycles. The molecule has 2 rings (SSSR count). The minimum atomic E-state index is 0.141. The van der Waals surface area contributed by atoms with Crippen LogP contribution in [-0.4, -0.2) is 35.2 Å². The van der Waals surface area contributed by atoms with E-state index >= 15 is 0 Å². The van der Waals surface area contributed by atoms with E-state index in [0.717, 1.165) is 13.0 Å². The Morgan fingerprint density at radius 2 is 2.21 bits per heavy atom. The maximum atomic E-state index is 9.42. The van der Waals surface area contributed by atoms with Gasteiger partial charge < -0.3 is 10.8 Å². The first-order valence-corrected chi connectivity index (χ1v) is 8.36. The molecule has 1 heterocycles.